The summed E-state index contributed by atoms with van der Waals surface area (Å²) in [6, 6.07) is 16.3. The van der Waals surface area contributed by atoms with E-state index in [0.717, 1.165) is 16.2 Å². The molecule has 0 N–H and O–H groups in total. The van der Waals surface area contributed by atoms with Gasteiger partial charge in [0.1, 0.15) is 26.3 Å². The van der Waals surface area contributed by atoms with Crippen LogP contribution in [0.1, 0.15) is 17.3 Å². The van der Waals surface area contributed by atoms with Crippen molar-refractivity contribution in [2.24, 2.45) is 5.92 Å². The van der Waals surface area contributed by atoms with Crippen LogP contribution < -0.4 is 4.74 Å². The smallest absolute Gasteiger partial charge is 0.183 e. The Morgan fingerprint density at radius 2 is 1.96 bits per heavy atom. The van der Waals surface area contributed by atoms with Crippen LogP contribution in [-0.4, -0.2) is 17.3 Å². The first-order valence-electron chi connectivity index (χ1n) is 8.17. The number of allylic oxidation sites excluding steroid dienone is 4. The quantitative estimate of drug-likeness (QED) is 0.482. The third-order valence-electron chi connectivity index (χ3n) is 4.34. The molecule has 2 aromatic rings. The van der Waals surface area contributed by atoms with Crippen molar-refractivity contribution in [2.45, 2.75) is 16.7 Å². The molecule has 2 nitrogen and oxygen atoms in total. The van der Waals surface area contributed by atoms with Gasteiger partial charge in [-0.3, -0.25) is 4.79 Å². The van der Waals surface area contributed by atoms with Gasteiger partial charge in [-0.1, -0.05) is 46.9 Å². The predicted octanol–water partition coefficient (Wildman–Crippen LogP) is 3.96. The number of Topliss-reactive ketones (excluding diaryl/α,β-unsaturated/α-hetero) is 1. The molecule has 1 heterocycles. The van der Waals surface area contributed by atoms with Crippen LogP contribution in [0.4, 0.5) is 0 Å². The second-order valence-electron chi connectivity index (χ2n) is 5.79. The predicted molar refractivity (Wildman–Crippen MR) is 100 cm³/mol. The van der Waals surface area contributed by atoms with Gasteiger partial charge in [-0.2, -0.15) is 0 Å². The van der Waals surface area contributed by atoms with Gasteiger partial charge >= 0.3 is 0 Å². The standard InChI is InChI=1S/C21H18O2S/c1-2-23-15-8-7-9-16(14-15)24-19-12-5-3-10-17(19)21(22)18-11-4-6-13-20(18)24/h3-14,17H,2H2,1H3/p+1. The largest absolute Gasteiger partial charge is 0.494 e. The first-order valence-corrected chi connectivity index (χ1v) is 9.51. The maximum absolute atomic E-state index is 12.9. The highest BCUT2D eigenvalue weighted by Crippen LogP contribution is 2.34. The molecule has 2 atom stereocenters. The van der Waals surface area contributed by atoms with Crippen LogP contribution in [0.3, 0.4) is 0 Å². The Hall–Kier alpha value is -2.39. The minimum Gasteiger partial charge on any atom is -0.494 e. The van der Waals surface area contributed by atoms with E-state index in [-0.39, 0.29) is 11.7 Å². The maximum Gasteiger partial charge on any atom is 0.183 e. The zero-order valence-corrected chi connectivity index (χ0v) is 14.4. The van der Waals surface area contributed by atoms with E-state index in [1.165, 1.54) is 9.76 Å². The summed E-state index contributed by atoms with van der Waals surface area (Å²) in [5, 5.41) is 0. The topological polar surface area (TPSA) is 26.3 Å². The van der Waals surface area contributed by atoms with Crippen molar-refractivity contribution in [3.63, 3.8) is 0 Å². The normalized spacial score (nSPS) is 21.4. The van der Waals surface area contributed by atoms with Gasteiger partial charge in [0.05, 0.1) is 12.2 Å². The van der Waals surface area contributed by atoms with E-state index in [1.807, 2.05) is 55.5 Å². The molecule has 0 amide bonds. The van der Waals surface area contributed by atoms with Crippen LogP contribution in [0.2, 0.25) is 0 Å². The van der Waals surface area contributed by atoms with E-state index in [0.29, 0.717) is 6.61 Å². The Morgan fingerprint density at radius 3 is 2.83 bits per heavy atom. The molecule has 0 radical (unpaired) electrons. The van der Waals surface area contributed by atoms with Gasteiger partial charge < -0.3 is 4.74 Å². The van der Waals surface area contributed by atoms with E-state index < -0.39 is 10.5 Å². The van der Waals surface area contributed by atoms with Crippen LogP contribution in [0.25, 0.3) is 0 Å². The second kappa shape index (κ2) is 6.25. The average Bonchev–Trinajstić information content (AvgIpc) is 2.63. The minimum atomic E-state index is -0.716. The molecule has 0 aromatic heterocycles. The molecule has 0 bridgehead atoms. The highest BCUT2D eigenvalue weighted by atomic mass is 32.2. The summed E-state index contributed by atoms with van der Waals surface area (Å²) in [5.41, 5.74) is 0.860. The number of ether oxygens (including phenoxy) is 1. The van der Waals surface area contributed by atoms with Crippen LogP contribution in [-0.2, 0) is 10.5 Å². The molecule has 0 spiro atoms. The number of carbonyl (C=O) groups excluding carboxylic acids is 1. The monoisotopic (exact) mass is 335 g/mol. The molecule has 2 aliphatic rings. The lowest BCUT2D eigenvalue weighted by atomic mass is 9.91. The molecule has 1 aliphatic carbocycles. The van der Waals surface area contributed by atoms with Crippen molar-refractivity contribution >= 4 is 21.1 Å². The summed E-state index contributed by atoms with van der Waals surface area (Å²) < 4.78 is 5.68. The number of carbonyl (C=O) groups is 1. The zero-order valence-electron chi connectivity index (χ0n) is 13.5. The SMILES string of the molecule is CCOc1cccc([SH+]2=C3C=CC=CC3C(=O)c3ccccc32)c1. The van der Waals surface area contributed by atoms with Crippen molar-refractivity contribution in [3.05, 3.63) is 78.4 Å². The summed E-state index contributed by atoms with van der Waals surface area (Å²) >= 11 is 0. The van der Waals surface area contributed by atoms with Gasteiger partial charge in [-0.25, -0.2) is 0 Å². The van der Waals surface area contributed by atoms with Crippen molar-refractivity contribution in [2.75, 3.05) is 6.61 Å². The second-order valence-corrected chi connectivity index (χ2v) is 7.98. The lowest BCUT2D eigenvalue weighted by Gasteiger charge is -2.23. The van der Waals surface area contributed by atoms with Crippen molar-refractivity contribution in [3.8, 4) is 5.75 Å². The van der Waals surface area contributed by atoms with E-state index in [4.69, 9.17) is 4.74 Å². The Morgan fingerprint density at radius 1 is 1.08 bits per heavy atom. The van der Waals surface area contributed by atoms with Gasteiger partial charge in [0.15, 0.2) is 5.78 Å². The van der Waals surface area contributed by atoms with E-state index in [2.05, 4.69) is 24.3 Å². The first kappa shape index (κ1) is 15.2. The van der Waals surface area contributed by atoms with Gasteiger partial charge in [-0.05, 0) is 37.3 Å². The maximum atomic E-state index is 12.9. The summed E-state index contributed by atoms with van der Waals surface area (Å²) in [6.07, 6.45) is 8.16. The fourth-order valence-electron chi connectivity index (χ4n) is 3.32. The van der Waals surface area contributed by atoms with E-state index >= 15 is 0 Å². The highest BCUT2D eigenvalue weighted by molar-refractivity contribution is 7.97. The molecule has 4 rings (SSSR count). The van der Waals surface area contributed by atoms with Gasteiger partial charge in [0.25, 0.3) is 0 Å². The van der Waals surface area contributed by atoms with Crippen LogP contribution >= 0.6 is 0 Å². The minimum absolute atomic E-state index is 0.133. The fourth-order valence-corrected chi connectivity index (χ4v) is 6.04. The average molecular weight is 335 g/mol. The third kappa shape index (κ3) is 2.45. The van der Waals surface area contributed by atoms with E-state index in [1.54, 1.807) is 0 Å². The molecule has 2 aromatic carbocycles. The van der Waals surface area contributed by atoms with Gasteiger partial charge in [-0.15, -0.1) is 0 Å². The highest BCUT2D eigenvalue weighted by Gasteiger charge is 2.37. The molecule has 24 heavy (non-hydrogen) atoms. The Labute approximate surface area is 144 Å². The van der Waals surface area contributed by atoms with Crippen LogP contribution in [0, 0.1) is 5.92 Å². The number of benzene rings is 2. The summed E-state index contributed by atoms with van der Waals surface area (Å²) in [6.45, 7) is 2.64. The number of hydrogen-bond donors (Lipinski definition) is 0. The van der Waals surface area contributed by atoms with E-state index in [9.17, 15) is 4.79 Å². The number of thiol groups is 1. The molecular formula is C21H19O2S+. The lowest BCUT2D eigenvalue weighted by Crippen LogP contribution is -2.31. The van der Waals surface area contributed by atoms with Gasteiger partial charge in [0.2, 0.25) is 0 Å². The molecule has 0 fully saturated rings. The number of fused-ring (bicyclic) bond motifs is 2. The molecular weight excluding hydrogens is 316 g/mol. The Bertz CT molecular complexity index is 906. The molecule has 1 aliphatic heterocycles. The molecule has 2 unspecified atom stereocenters. The lowest BCUT2D eigenvalue weighted by molar-refractivity contribution is 0.0969. The molecule has 0 saturated heterocycles. The van der Waals surface area contributed by atoms with Crippen molar-refractivity contribution in [1.29, 1.82) is 0 Å². The molecule has 120 valence electrons. The third-order valence-corrected chi connectivity index (χ3v) is 6.95. The summed E-state index contributed by atoms with van der Waals surface area (Å²) in [4.78, 5) is 16.5. The van der Waals surface area contributed by atoms with Crippen LogP contribution in [0.15, 0.2) is 82.6 Å². The molecule has 3 heteroatoms. The first-order chi connectivity index (χ1) is 11.8. The summed E-state index contributed by atoms with van der Waals surface area (Å²) in [7, 11) is -0.716. The zero-order chi connectivity index (χ0) is 16.5. The number of rotatable bonds is 3. The fraction of sp³-hybridized carbons (Fsp3) is 0.143. The Balaban J connectivity index is 1.97. The summed E-state index contributed by atoms with van der Waals surface area (Å²) in [5.74, 6) is 0.965. The molecule has 0 saturated carbocycles. The Kier molecular flexibility index (Phi) is 3.95. The van der Waals surface area contributed by atoms with Gasteiger partial charge in [0, 0.05) is 6.07 Å². The number of hydrogen-bond acceptors (Lipinski definition) is 2. The number of ketones is 1. The van der Waals surface area contributed by atoms with Crippen LogP contribution in [0.5, 0.6) is 5.75 Å². The van der Waals surface area contributed by atoms with Crippen molar-refractivity contribution in [1.82, 2.24) is 0 Å². The van der Waals surface area contributed by atoms with Crippen molar-refractivity contribution < 1.29 is 9.53 Å².